The SMILES string of the molecule is Cc1ccc(S(=O)(=O)[N-]c2cccc3ccc4cccnc4c23)cc1.O=Cc1cc[c-]cc1.[Pd+2].c1ccncc1. The van der Waals surface area contributed by atoms with Gasteiger partial charge in [0.2, 0.25) is 0 Å². The van der Waals surface area contributed by atoms with E-state index >= 15 is 0 Å². The summed E-state index contributed by atoms with van der Waals surface area (Å²) < 4.78 is 29.5. The molecule has 202 valence electrons. The Morgan fingerprint density at radius 1 is 0.750 bits per heavy atom. The number of nitrogens with zero attached hydrogens (tertiary/aromatic N) is 3. The summed E-state index contributed by atoms with van der Waals surface area (Å²) in [6.45, 7) is 1.91. The molecule has 4 aromatic carbocycles. The van der Waals surface area contributed by atoms with Gasteiger partial charge in [0, 0.05) is 24.0 Å². The molecule has 0 bridgehead atoms. The summed E-state index contributed by atoms with van der Waals surface area (Å²) in [5.74, 6) is 0. The fourth-order valence-electron chi connectivity index (χ4n) is 3.65. The number of rotatable bonds is 4. The predicted molar refractivity (Wildman–Crippen MR) is 156 cm³/mol. The summed E-state index contributed by atoms with van der Waals surface area (Å²) in [5, 5.41) is 2.60. The van der Waals surface area contributed by atoms with E-state index in [2.05, 4.69) is 20.8 Å². The van der Waals surface area contributed by atoms with E-state index in [1.165, 1.54) is 0 Å². The van der Waals surface area contributed by atoms with Gasteiger partial charge < -0.3 is 9.52 Å². The molecule has 0 aliphatic heterocycles. The fraction of sp³-hybridized carbons (Fsp3) is 0.0312. The molecule has 0 aliphatic rings. The number of sulfonamides is 1. The van der Waals surface area contributed by atoms with Crippen molar-refractivity contribution in [2.75, 3.05) is 0 Å². The van der Waals surface area contributed by atoms with Crippen molar-refractivity contribution >= 4 is 43.7 Å². The van der Waals surface area contributed by atoms with Crippen LogP contribution < -0.4 is 0 Å². The van der Waals surface area contributed by atoms with Crippen molar-refractivity contribution in [3.63, 3.8) is 0 Å². The van der Waals surface area contributed by atoms with Crippen LogP contribution in [0.3, 0.4) is 0 Å². The molecule has 2 heterocycles. The number of carbonyl (C=O) groups is 1. The maximum atomic E-state index is 12.7. The number of hydrogen-bond acceptors (Lipinski definition) is 5. The minimum Gasteiger partial charge on any atom is -0.572 e. The third-order valence-corrected chi connectivity index (χ3v) is 6.88. The van der Waals surface area contributed by atoms with Crippen LogP contribution in [0.5, 0.6) is 0 Å². The van der Waals surface area contributed by atoms with Gasteiger partial charge in [0.1, 0.15) is 16.3 Å². The molecular weight excluding hydrogens is 613 g/mol. The van der Waals surface area contributed by atoms with E-state index in [1.54, 1.807) is 79.3 Å². The van der Waals surface area contributed by atoms with Crippen LogP contribution in [0.1, 0.15) is 15.9 Å². The van der Waals surface area contributed by atoms with Gasteiger partial charge >= 0.3 is 20.4 Å². The monoisotopic (exact) mass is 637 g/mol. The van der Waals surface area contributed by atoms with Crippen LogP contribution in [-0.4, -0.2) is 24.7 Å². The van der Waals surface area contributed by atoms with E-state index in [9.17, 15) is 13.2 Å². The Morgan fingerprint density at radius 2 is 1.43 bits per heavy atom. The minimum atomic E-state index is -3.79. The average Bonchev–Trinajstić information content (AvgIpc) is 2.99. The van der Waals surface area contributed by atoms with Gasteiger partial charge in [-0.25, -0.2) is 8.42 Å². The summed E-state index contributed by atoms with van der Waals surface area (Å²) in [6.07, 6.45) is 6.01. The molecule has 0 unspecified atom stereocenters. The van der Waals surface area contributed by atoms with Crippen LogP contribution in [0.15, 0.2) is 133 Å². The van der Waals surface area contributed by atoms with E-state index in [0.29, 0.717) is 11.3 Å². The molecule has 2 aromatic heterocycles. The van der Waals surface area contributed by atoms with Crippen molar-refractivity contribution in [2.24, 2.45) is 0 Å². The van der Waals surface area contributed by atoms with Crippen LogP contribution in [-0.2, 0) is 30.4 Å². The first-order valence-electron chi connectivity index (χ1n) is 12.1. The molecule has 6 nitrogen and oxygen atoms in total. The van der Waals surface area contributed by atoms with E-state index in [-0.39, 0.29) is 25.3 Å². The number of fused-ring (bicyclic) bond motifs is 3. The summed E-state index contributed by atoms with van der Waals surface area (Å²) in [4.78, 5) is 18.4. The standard InChI is InChI=1S/C20H15N2O2S.C7H5O.C5H5N.Pd/c1-14-7-11-17(12-8-14)25(23,24)22-18-6-2-4-15-9-10-16-5-3-13-21-20(16)19(15)18;8-6-7-4-2-1-3-5-7;1-2-4-6-5-3-1;/h2-13H,1H3;2-6H;1-5H;/q2*-1;;+2. The maximum Gasteiger partial charge on any atom is 2.00 e. The Kier molecular flexibility index (Phi) is 11.2. The smallest absolute Gasteiger partial charge is 0.572 e. The number of benzene rings is 4. The predicted octanol–water partition coefficient (Wildman–Crippen LogP) is 7.47. The van der Waals surface area contributed by atoms with Gasteiger partial charge in [0.05, 0.1) is 10.4 Å². The molecule has 0 fully saturated rings. The largest absolute Gasteiger partial charge is 2.00 e. The third-order valence-electron chi connectivity index (χ3n) is 5.58. The van der Waals surface area contributed by atoms with Crippen molar-refractivity contribution in [1.29, 1.82) is 0 Å². The third kappa shape index (κ3) is 8.14. The van der Waals surface area contributed by atoms with Gasteiger partial charge in [-0.3, -0.25) is 9.97 Å². The first-order valence-corrected chi connectivity index (χ1v) is 13.5. The summed E-state index contributed by atoms with van der Waals surface area (Å²) in [6, 6.07) is 35.3. The normalized spacial score (nSPS) is 10.2. The summed E-state index contributed by atoms with van der Waals surface area (Å²) in [7, 11) is -3.79. The Balaban J connectivity index is 0.000000241. The molecule has 6 aromatic rings. The van der Waals surface area contributed by atoms with E-state index in [1.807, 2.05) is 55.5 Å². The van der Waals surface area contributed by atoms with Gasteiger partial charge in [-0.1, -0.05) is 65.7 Å². The van der Waals surface area contributed by atoms with Gasteiger partial charge in [-0.2, -0.15) is 30.3 Å². The van der Waals surface area contributed by atoms with Crippen LogP contribution >= 0.6 is 0 Å². The molecular formula is C32H25N3O3PdS. The van der Waals surface area contributed by atoms with Crippen molar-refractivity contribution in [3.05, 3.63) is 150 Å². The Morgan fingerprint density at radius 3 is 2.02 bits per heavy atom. The maximum absolute atomic E-state index is 12.7. The van der Waals surface area contributed by atoms with E-state index in [0.717, 1.165) is 33.5 Å². The van der Waals surface area contributed by atoms with Crippen molar-refractivity contribution in [3.8, 4) is 0 Å². The summed E-state index contributed by atoms with van der Waals surface area (Å²) >= 11 is 0. The zero-order valence-electron chi connectivity index (χ0n) is 21.5. The Bertz CT molecular complexity index is 1740. The molecule has 40 heavy (non-hydrogen) atoms. The number of pyridine rings is 2. The molecule has 0 aliphatic carbocycles. The van der Waals surface area contributed by atoms with Gasteiger partial charge in [0.15, 0.2) is 0 Å². The summed E-state index contributed by atoms with van der Waals surface area (Å²) in [5.41, 5.74) is 2.85. The second-order valence-electron chi connectivity index (χ2n) is 8.37. The first-order chi connectivity index (χ1) is 19.0. The second-order valence-corrected chi connectivity index (χ2v) is 9.98. The zero-order valence-corrected chi connectivity index (χ0v) is 23.9. The minimum absolute atomic E-state index is 0. The fourth-order valence-corrected chi connectivity index (χ4v) is 4.65. The van der Waals surface area contributed by atoms with E-state index < -0.39 is 10.0 Å². The zero-order chi connectivity index (χ0) is 27.5. The number of hydrogen-bond donors (Lipinski definition) is 0. The topological polar surface area (TPSA) is 91.1 Å². The number of aldehydes is 1. The molecule has 6 rings (SSSR count). The quantitative estimate of drug-likeness (QED) is 0.0866. The Hall–Kier alpha value is -4.22. The van der Waals surface area contributed by atoms with Gasteiger partial charge in [0.25, 0.3) is 0 Å². The molecule has 0 amide bonds. The molecule has 8 heteroatoms. The van der Waals surface area contributed by atoms with Crippen LogP contribution in [0.25, 0.3) is 26.4 Å². The van der Waals surface area contributed by atoms with Crippen molar-refractivity contribution in [2.45, 2.75) is 11.8 Å². The van der Waals surface area contributed by atoms with Crippen LogP contribution in [0.2, 0.25) is 0 Å². The molecule has 0 atom stereocenters. The molecule has 0 N–H and O–H groups in total. The van der Waals surface area contributed by atoms with Gasteiger partial charge in [-0.05, 0) is 48.0 Å². The molecule has 0 spiro atoms. The number of aryl methyl sites for hydroxylation is 1. The number of carbonyl (C=O) groups excluding carboxylic acids is 1. The molecule has 0 saturated heterocycles. The molecule has 0 saturated carbocycles. The average molecular weight is 638 g/mol. The molecule has 0 radical (unpaired) electrons. The van der Waals surface area contributed by atoms with Crippen molar-refractivity contribution < 1.29 is 33.6 Å². The van der Waals surface area contributed by atoms with Gasteiger partial charge in [-0.15, -0.1) is 5.69 Å². The van der Waals surface area contributed by atoms with Crippen molar-refractivity contribution in [1.82, 2.24) is 9.97 Å². The van der Waals surface area contributed by atoms with Crippen LogP contribution in [0.4, 0.5) is 5.69 Å². The Labute approximate surface area is 247 Å². The van der Waals surface area contributed by atoms with Crippen LogP contribution in [0, 0.1) is 13.0 Å². The second kappa shape index (κ2) is 14.8. The number of aromatic nitrogens is 2. The first kappa shape index (κ1) is 30.3. The van der Waals surface area contributed by atoms with E-state index in [4.69, 9.17) is 0 Å².